The summed E-state index contributed by atoms with van der Waals surface area (Å²) in [6.45, 7) is 1.68. The van der Waals surface area contributed by atoms with E-state index in [9.17, 15) is 13.2 Å². The molecule has 0 saturated heterocycles. The summed E-state index contributed by atoms with van der Waals surface area (Å²) >= 11 is 0. The standard InChI is InChI=1S/C19H22N2O4S/c1-14-12-15-8-4-5-9-16(15)21(14)19(22)13-20(26(3,23)24)17-10-6-7-11-18(17)25-2/h4-11,14H,12-13H2,1-3H3/t14-/m0/s1. The van der Waals surface area contributed by atoms with Crippen molar-refractivity contribution in [3.63, 3.8) is 0 Å². The van der Waals surface area contributed by atoms with Crippen molar-refractivity contribution in [1.82, 2.24) is 0 Å². The van der Waals surface area contributed by atoms with Crippen LogP contribution in [0.15, 0.2) is 48.5 Å². The number of nitrogens with zero attached hydrogens (tertiary/aromatic N) is 2. The van der Waals surface area contributed by atoms with Crippen molar-refractivity contribution in [2.24, 2.45) is 0 Å². The average molecular weight is 374 g/mol. The van der Waals surface area contributed by atoms with E-state index in [0.29, 0.717) is 11.4 Å². The van der Waals surface area contributed by atoms with Gasteiger partial charge >= 0.3 is 0 Å². The zero-order valence-corrected chi connectivity index (χ0v) is 15.9. The number of fused-ring (bicyclic) bond motifs is 1. The normalized spacial score (nSPS) is 16.3. The van der Waals surface area contributed by atoms with E-state index in [1.165, 1.54) is 7.11 Å². The fourth-order valence-electron chi connectivity index (χ4n) is 3.36. The number of carbonyl (C=O) groups excluding carboxylic acids is 1. The van der Waals surface area contributed by atoms with E-state index in [-0.39, 0.29) is 18.5 Å². The van der Waals surface area contributed by atoms with Crippen LogP contribution < -0.4 is 13.9 Å². The van der Waals surface area contributed by atoms with Crippen molar-refractivity contribution in [3.8, 4) is 5.75 Å². The van der Waals surface area contributed by atoms with Crippen LogP contribution in [0, 0.1) is 0 Å². The van der Waals surface area contributed by atoms with E-state index >= 15 is 0 Å². The number of benzene rings is 2. The molecule has 0 bridgehead atoms. The van der Waals surface area contributed by atoms with E-state index in [1.54, 1.807) is 29.2 Å². The third-order valence-electron chi connectivity index (χ3n) is 4.51. The molecule has 0 N–H and O–H groups in total. The van der Waals surface area contributed by atoms with Crippen LogP contribution in [0.25, 0.3) is 0 Å². The van der Waals surface area contributed by atoms with Crippen LogP contribution >= 0.6 is 0 Å². The highest BCUT2D eigenvalue weighted by molar-refractivity contribution is 7.92. The first-order valence-electron chi connectivity index (χ1n) is 8.33. The zero-order valence-electron chi connectivity index (χ0n) is 15.0. The molecule has 2 aromatic carbocycles. The number of ether oxygens (including phenoxy) is 1. The molecule has 26 heavy (non-hydrogen) atoms. The van der Waals surface area contributed by atoms with E-state index in [4.69, 9.17) is 4.74 Å². The highest BCUT2D eigenvalue weighted by atomic mass is 32.2. The maximum atomic E-state index is 13.0. The highest BCUT2D eigenvalue weighted by Crippen LogP contribution is 2.33. The second kappa shape index (κ2) is 6.99. The van der Waals surface area contributed by atoms with Gasteiger partial charge in [-0.15, -0.1) is 0 Å². The SMILES string of the molecule is COc1ccccc1N(CC(=O)N1c2ccccc2C[C@@H]1C)S(C)(=O)=O. The van der Waals surface area contributed by atoms with E-state index in [2.05, 4.69) is 0 Å². The molecule has 6 nitrogen and oxygen atoms in total. The Morgan fingerprint density at radius 1 is 1.19 bits per heavy atom. The van der Waals surface area contributed by atoms with E-state index < -0.39 is 10.0 Å². The number of anilines is 2. The Labute approximate surface area is 154 Å². The van der Waals surface area contributed by atoms with Crippen molar-refractivity contribution in [2.75, 3.05) is 29.1 Å². The van der Waals surface area contributed by atoms with Crippen LogP contribution in [0.2, 0.25) is 0 Å². The van der Waals surface area contributed by atoms with Crippen LogP contribution in [0.5, 0.6) is 5.75 Å². The van der Waals surface area contributed by atoms with Crippen LogP contribution in [0.1, 0.15) is 12.5 Å². The van der Waals surface area contributed by atoms with Crippen molar-refractivity contribution in [1.29, 1.82) is 0 Å². The van der Waals surface area contributed by atoms with Crippen LogP contribution in [-0.2, 0) is 21.2 Å². The Bertz CT molecular complexity index is 927. The van der Waals surface area contributed by atoms with Gasteiger partial charge in [0.2, 0.25) is 15.9 Å². The van der Waals surface area contributed by atoms with Gasteiger partial charge in [0, 0.05) is 11.7 Å². The van der Waals surface area contributed by atoms with Crippen molar-refractivity contribution in [3.05, 3.63) is 54.1 Å². The minimum absolute atomic E-state index is 0.0148. The number of hydrogen-bond donors (Lipinski definition) is 0. The summed E-state index contributed by atoms with van der Waals surface area (Å²) in [6, 6.07) is 14.5. The van der Waals surface area contributed by atoms with Gasteiger partial charge in [-0.05, 0) is 37.1 Å². The molecule has 1 aliphatic rings. The smallest absolute Gasteiger partial charge is 0.248 e. The van der Waals surface area contributed by atoms with Gasteiger partial charge in [-0.1, -0.05) is 30.3 Å². The second-order valence-electron chi connectivity index (χ2n) is 6.39. The molecule has 3 rings (SSSR count). The van der Waals surface area contributed by atoms with Gasteiger partial charge in [0.15, 0.2) is 0 Å². The molecule has 1 aliphatic heterocycles. The Balaban J connectivity index is 1.95. The summed E-state index contributed by atoms with van der Waals surface area (Å²) in [5.41, 5.74) is 2.29. The first-order chi connectivity index (χ1) is 12.3. The van der Waals surface area contributed by atoms with Gasteiger partial charge in [-0.2, -0.15) is 0 Å². The van der Waals surface area contributed by atoms with Gasteiger partial charge in [-0.3, -0.25) is 9.10 Å². The number of rotatable bonds is 5. The van der Waals surface area contributed by atoms with Crippen LogP contribution in [0.3, 0.4) is 0 Å². The lowest BCUT2D eigenvalue weighted by Crippen LogP contribution is -2.45. The highest BCUT2D eigenvalue weighted by Gasteiger charge is 2.33. The molecule has 0 saturated carbocycles. The number of hydrogen-bond acceptors (Lipinski definition) is 4. The lowest BCUT2D eigenvalue weighted by molar-refractivity contribution is -0.117. The summed E-state index contributed by atoms with van der Waals surface area (Å²) in [7, 11) is -2.19. The number of amides is 1. The Morgan fingerprint density at radius 2 is 1.85 bits per heavy atom. The first-order valence-corrected chi connectivity index (χ1v) is 10.2. The fraction of sp³-hybridized carbons (Fsp3) is 0.316. The molecule has 0 fully saturated rings. The molecule has 1 amide bonds. The van der Waals surface area contributed by atoms with Gasteiger partial charge in [0.25, 0.3) is 0 Å². The average Bonchev–Trinajstić information content (AvgIpc) is 2.94. The summed E-state index contributed by atoms with van der Waals surface area (Å²) < 4.78 is 31.1. The second-order valence-corrected chi connectivity index (χ2v) is 8.29. The fourth-order valence-corrected chi connectivity index (χ4v) is 4.21. The van der Waals surface area contributed by atoms with E-state index in [0.717, 1.165) is 28.2 Å². The Hall–Kier alpha value is -2.54. The molecule has 7 heteroatoms. The third kappa shape index (κ3) is 3.39. The van der Waals surface area contributed by atoms with Crippen molar-refractivity contribution < 1.29 is 17.9 Å². The monoisotopic (exact) mass is 374 g/mol. The van der Waals surface area contributed by atoms with Crippen LogP contribution in [0.4, 0.5) is 11.4 Å². The van der Waals surface area contributed by atoms with Gasteiger partial charge < -0.3 is 9.64 Å². The molecule has 0 radical (unpaired) electrons. The minimum atomic E-state index is -3.66. The summed E-state index contributed by atoms with van der Waals surface area (Å²) in [5.74, 6) is 0.138. The van der Waals surface area contributed by atoms with Crippen molar-refractivity contribution >= 4 is 27.3 Å². The predicted molar refractivity (Wildman–Crippen MR) is 102 cm³/mol. The molecule has 0 aromatic heterocycles. The molecule has 2 aromatic rings. The van der Waals surface area contributed by atoms with Gasteiger partial charge in [0.1, 0.15) is 12.3 Å². The van der Waals surface area contributed by atoms with Gasteiger partial charge in [-0.25, -0.2) is 8.42 Å². The topological polar surface area (TPSA) is 66.9 Å². The Kier molecular flexibility index (Phi) is 4.91. The molecular formula is C19H22N2O4S. The number of methoxy groups -OCH3 is 1. The molecule has 0 aliphatic carbocycles. The van der Waals surface area contributed by atoms with Gasteiger partial charge in [0.05, 0.1) is 19.1 Å². The number of para-hydroxylation sites is 3. The Morgan fingerprint density at radius 3 is 2.54 bits per heavy atom. The number of sulfonamides is 1. The maximum absolute atomic E-state index is 13.0. The lowest BCUT2D eigenvalue weighted by Gasteiger charge is -2.28. The largest absolute Gasteiger partial charge is 0.495 e. The summed E-state index contributed by atoms with van der Waals surface area (Å²) in [4.78, 5) is 14.7. The molecule has 138 valence electrons. The molecule has 1 atom stereocenters. The molecule has 0 spiro atoms. The zero-order chi connectivity index (χ0) is 18.9. The van der Waals surface area contributed by atoms with E-state index in [1.807, 2.05) is 31.2 Å². The molecular weight excluding hydrogens is 352 g/mol. The van der Waals surface area contributed by atoms with Crippen molar-refractivity contribution in [2.45, 2.75) is 19.4 Å². The summed E-state index contributed by atoms with van der Waals surface area (Å²) in [6.07, 6.45) is 1.85. The molecule has 1 heterocycles. The predicted octanol–water partition coefficient (Wildman–Crippen LogP) is 2.44. The third-order valence-corrected chi connectivity index (χ3v) is 5.64. The van der Waals surface area contributed by atoms with Crippen LogP contribution in [-0.4, -0.2) is 40.3 Å². The minimum Gasteiger partial charge on any atom is -0.495 e. The summed E-state index contributed by atoms with van der Waals surface area (Å²) in [5, 5.41) is 0. The molecule has 0 unspecified atom stereocenters. The maximum Gasteiger partial charge on any atom is 0.248 e. The lowest BCUT2D eigenvalue weighted by atomic mass is 10.1. The number of carbonyl (C=O) groups is 1. The quantitative estimate of drug-likeness (QED) is 0.806. The first kappa shape index (κ1) is 18.3.